The predicted molar refractivity (Wildman–Crippen MR) is 106 cm³/mol. The smallest absolute Gasteiger partial charge is 0.246 e. The molecule has 1 fully saturated rings. The number of piperidine rings is 1. The molecule has 6 nitrogen and oxygen atoms in total. The monoisotopic (exact) mass is 431 g/mol. The molecule has 3 rings (SSSR count). The van der Waals surface area contributed by atoms with Crippen molar-refractivity contribution < 1.29 is 13.5 Å². The number of hydrogen-bond acceptors (Lipinski definition) is 4. The van der Waals surface area contributed by atoms with Crippen molar-refractivity contribution in [1.29, 1.82) is 0 Å². The van der Waals surface area contributed by atoms with Crippen LogP contribution in [0.4, 0.5) is 0 Å². The summed E-state index contributed by atoms with van der Waals surface area (Å²) in [5.74, 6) is 0. The van der Waals surface area contributed by atoms with Crippen molar-refractivity contribution in [1.82, 2.24) is 14.1 Å². The van der Waals surface area contributed by atoms with Crippen molar-refractivity contribution in [3.05, 3.63) is 45.2 Å². The predicted octanol–water partition coefficient (Wildman–Crippen LogP) is 3.10. The lowest BCUT2D eigenvalue weighted by Gasteiger charge is -2.37. The number of sulfonamides is 1. The summed E-state index contributed by atoms with van der Waals surface area (Å²) < 4.78 is 29.1. The first-order chi connectivity index (χ1) is 12.5. The van der Waals surface area contributed by atoms with Crippen molar-refractivity contribution in [2.24, 2.45) is 7.05 Å². The number of aliphatic hydroxyl groups is 1. The molecule has 0 amide bonds. The van der Waals surface area contributed by atoms with Gasteiger partial charge in [0.25, 0.3) is 0 Å². The third kappa shape index (κ3) is 4.03. The van der Waals surface area contributed by atoms with Gasteiger partial charge < -0.3 is 5.11 Å². The number of hydrogen-bond donors (Lipinski definition) is 1. The molecule has 148 valence electrons. The van der Waals surface area contributed by atoms with Crippen LogP contribution in [0.25, 0.3) is 0 Å². The van der Waals surface area contributed by atoms with Crippen LogP contribution in [0, 0.1) is 13.8 Å². The van der Waals surface area contributed by atoms with Gasteiger partial charge in [0.2, 0.25) is 10.0 Å². The molecule has 1 aliphatic heterocycles. The van der Waals surface area contributed by atoms with E-state index in [9.17, 15) is 13.5 Å². The van der Waals surface area contributed by atoms with E-state index in [0.29, 0.717) is 40.7 Å². The van der Waals surface area contributed by atoms with Crippen LogP contribution in [0.3, 0.4) is 0 Å². The molecule has 9 heteroatoms. The molecule has 1 aromatic carbocycles. The summed E-state index contributed by atoms with van der Waals surface area (Å²) in [6.07, 6.45) is 1.04. The maximum absolute atomic E-state index is 13.1. The molecule has 0 aliphatic carbocycles. The van der Waals surface area contributed by atoms with E-state index in [0.717, 1.165) is 5.56 Å². The second kappa shape index (κ2) is 7.37. The molecule has 0 unspecified atom stereocenters. The van der Waals surface area contributed by atoms with Crippen molar-refractivity contribution in [2.75, 3.05) is 13.1 Å². The van der Waals surface area contributed by atoms with E-state index >= 15 is 0 Å². The van der Waals surface area contributed by atoms with Crippen LogP contribution in [-0.4, -0.2) is 46.3 Å². The Morgan fingerprint density at radius 1 is 1.22 bits per heavy atom. The Balaban J connectivity index is 1.76. The number of aromatic nitrogens is 2. The lowest BCUT2D eigenvalue weighted by molar-refractivity contribution is -0.00440. The molecular formula is C18H23Cl2N3O3S. The molecule has 2 heterocycles. The molecule has 0 atom stereocenters. The fraction of sp³-hybridized carbons (Fsp3) is 0.500. The summed E-state index contributed by atoms with van der Waals surface area (Å²) in [6, 6.07) is 5.18. The Morgan fingerprint density at radius 2 is 1.85 bits per heavy atom. The van der Waals surface area contributed by atoms with E-state index in [4.69, 9.17) is 23.2 Å². The van der Waals surface area contributed by atoms with Crippen LogP contribution in [0.2, 0.25) is 10.0 Å². The van der Waals surface area contributed by atoms with Crippen LogP contribution in [-0.2, 0) is 23.5 Å². The molecule has 27 heavy (non-hydrogen) atoms. The number of benzene rings is 1. The summed E-state index contributed by atoms with van der Waals surface area (Å²) in [4.78, 5) is 0.260. The molecule has 0 radical (unpaired) electrons. The second-order valence-corrected chi connectivity index (χ2v) is 9.88. The minimum Gasteiger partial charge on any atom is -0.389 e. The van der Waals surface area contributed by atoms with E-state index in [1.165, 1.54) is 4.31 Å². The zero-order valence-electron chi connectivity index (χ0n) is 15.5. The second-order valence-electron chi connectivity index (χ2n) is 7.16. The van der Waals surface area contributed by atoms with E-state index in [1.807, 2.05) is 0 Å². The van der Waals surface area contributed by atoms with Gasteiger partial charge in [-0.3, -0.25) is 4.68 Å². The van der Waals surface area contributed by atoms with Gasteiger partial charge in [0, 0.05) is 36.6 Å². The quantitative estimate of drug-likeness (QED) is 0.806. The first kappa shape index (κ1) is 20.6. The van der Waals surface area contributed by atoms with Crippen LogP contribution >= 0.6 is 23.2 Å². The number of nitrogens with zero attached hydrogens (tertiary/aromatic N) is 3. The summed E-state index contributed by atoms with van der Waals surface area (Å²) in [5.41, 5.74) is 0.909. The lowest BCUT2D eigenvalue weighted by Crippen LogP contribution is -2.47. The molecule has 1 saturated heterocycles. The Hall–Kier alpha value is -1.12. The largest absolute Gasteiger partial charge is 0.389 e. The number of halogens is 2. The van der Waals surface area contributed by atoms with Crippen LogP contribution in [0.1, 0.15) is 29.8 Å². The highest BCUT2D eigenvalue weighted by atomic mass is 35.5. The third-order valence-electron chi connectivity index (χ3n) is 5.23. The van der Waals surface area contributed by atoms with Crippen molar-refractivity contribution in [2.45, 2.75) is 43.6 Å². The zero-order chi connectivity index (χ0) is 20.0. The Kier molecular flexibility index (Phi) is 5.62. The maximum Gasteiger partial charge on any atom is 0.246 e. The van der Waals surface area contributed by atoms with Gasteiger partial charge >= 0.3 is 0 Å². The summed E-state index contributed by atoms with van der Waals surface area (Å²) in [6.45, 7) is 3.94. The number of rotatable bonds is 4. The fourth-order valence-electron chi connectivity index (χ4n) is 3.60. The maximum atomic E-state index is 13.1. The van der Waals surface area contributed by atoms with Gasteiger partial charge in [-0.05, 0) is 44.4 Å². The molecule has 0 spiro atoms. The van der Waals surface area contributed by atoms with Gasteiger partial charge in [-0.25, -0.2) is 8.42 Å². The zero-order valence-corrected chi connectivity index (χ0v) is 17.9. The van der Waals surface area contributed by atoms with E-state index in [-0.39, 0.29) is 18.0 Å². The average Bonchev–Trinajstić information content (AvgIpc) is 2.83. The van der Waals surface area contributed by atoms with E-state index < -0.39 is 15.6 Å². The molecule has 2 aromatic rings. The van der Waals surface area contributed by atoms with Gasteiger partial charge in [-0.1, -0.05) is 29.3 Å². The molecular weight excluding hydrogens is 409 g/mol. The third-order valence-corrected chi connectivity index (χ3v) is 7.97. The minimum absolute atomic E-state index is 0.248. The standard InChI is InChI=1S/C18H23Cl2N3O3S/c1-12-17(13(2)22(3)21-12)27(25,26)23-8-6-18(24,7-9-23)11-14-4-5-15(19)10-16(14)20/h4-5,10,24H,6-9,11H2,1-3H3. The van der Waals surface area contributed by atoms with Gasteiger partial charge in [0.1, 0.15) is 4.90 Å². The number of aryl methyl sites for hydroxylation is 2. The van der Waals surface area contributed by atoms with Gasteiger partial charge in [-0.2, -0.15) is 9.40 Å². The molecule has 1 aromatic heterocycles. The van der Waals surface area contributed by atoms with Crippen molar-refractivity contribution in [3.63, 3.8) is 0 Å². The fourth-order valence-corrected chi connectivity index (χ4v) is 5.91. The van der Waals surface area contributed by atoms with Gasteiger partial charge in [0.15, 0.2) is 0 Å². The summed E-state index contributed by atoms with van der Waals surface area (Å²) in [7, 11) is -1.92. The summed E-state index contributed by atoms with van der Waals surface area (Å²) in [5, 5.41) is 16.2. The highest BCUT2D eigenvalue weighted by Crippen LogP contribution is 2.33. The normalized spacial score (nSPS) is 18.0. The lowest BCUT2D eigenvalue weighted by atomic mass is 9.86. The molecule has 0 saturated carbocycles. The minimum atomic E-state index is -3.64. The SMILES string of the molecule is Cc1nn(C)c(C)c1S(=O)(=O)N1CCC(O)(Cc2ccc(Cl)cc2Cl)CC1. The average molecular weight is 432 g/mol. The molecule has 1 aliphatic rings. The highest BCUT2D eigenvalue weighted by Gasteiger charge is 2.39. The van der Waals surface area contributed by atoms with Gasteiger partial charge in [0.05, 0.1) is 17.0 Å². The van der Waals surface area contributed by atoms with Crippen LogP contribution in [0.5, 0.6) is 0 Å². The Morgan fingerprint density at radius 3 is 2.37 bits per heavy atom. The molecule has 0 bridgehead atoms. The van der Waals surface area contributed by atoms with Crippen LogP contribution in [0.15, 0.2) is 23.1 Å². The van der Waals surface area contributed by atoms with Gasteiger partial charge in [-0.15, -0.1) is 0 Å². The summed E-state index contributed by atoms with van der Waals surface area (Å²) >= 11 is 12.1. The Bertz CT molecular complexity index is 964. The van der Waals surface area contributed by atoms with E-state index in [2.05, 4.69) is 5.10 Å². The molecule has 1 N–H and O–H groups in total. The Labute approximate surface area is 169 Å². The first-order valence-electron chi connectivity index (χ1n) is 8.70. The van der Waals surface area contributed by atoms with Crippen molar-refractivity contribution in [3.8, 4) is 0 Å². The first-order valence-corrected chi connectivity index (χ1v) is 10.9. The van der Waals surface area contributed by atoms with Crippen molar-refractivity contribution >= 4 is 33.2 Å². The van der Waals surface area contributed by atoms with Crippen LogP contribution < -0.4 is 0 Å². The highest BCUT2D eigenvalue weighted by molar-refractivity contribution is 7.89. The van der Waals surface area contributed by atoms with E-state index in [1.54, 1.807) is 43.8 Å². The topological polar surface area (TPSA) is 75.4 Å².